The first-order chi connectivity index (χ1) is 32.5. The second-order valence-corrected chi connectivity index (χ2v) is 18.6. The molecule has 0 bridgehead atoms. The molecule has 4 nitrogen and oxygen atoms in total. The van der Waals surface area contributed by atoms with Gasteiger partial charge in [0.15, 0.2) is 0 Å². The maximum atomic E-state index is 9.82. The quantitative estimate of drug-likeness (QED) is 0.150. The van der Waals surface area contributed by atoms with Crippen molar-refractivity contribution in [3.8, 4) is 34.4 Å². The van der Waals surface area contributed by atoms with Crippen LogP contribution in [0.2, 0.25) is 0 Å². The van der Waals surface area contributed by atoms with E-state index in [1.54, 1.807) is 0 Å². The number of aryl methyl sites for hydroxylation is 4. The molecular formula is C63H48N4. The van der Waals surface area contributed by atoms with E-state index in [1.807, 2.05) is 30.3 Å². The Hall–Kier alpha value is -8.44. The predicted octanol–water partition coefficient (Wildman–Crippen LogP) is 17.0. The number of hydrogen-bond acceptors (Lipinski definition) is 4. The summed E-state index contributed by atoms with van der Waals surface area (Å²) < 4.78 is 0. The van der Waals surface area contributed by atoms with Gasteiger partial charge in [-0.25, -0.2) is 0 Å². The maximum Gasteiger partial charge on any atom is 0.0991 e. The summed E-state index contributed by atoms with van der Waals surface area (Å²) in [5, 5.41) is 27.0. The largest absolute Gasteiger partial charge is 0.310 e. The van der Waals surface area contributed by atoms with Crippen LogP contribution in [0.15, 0.2) is 182 Å². The van der Waals surface area contributed by atoms with Crippen LogP contribution in [0.3, 0.4) is 0 Å². The molecule has 0 saturated heterocycles. The van der Waals surface area contributed by atoms with Gasteiger partial charge in [0.1, 0.15) is 0 Å². The lowest BCUT2D eigenvalue weighted by Gasteiger charge is -2.37. The van der Waals surface area contributed by atoms with E-state index in [0.717, 1.165) is 61.9 Å². The summed E-state index contributed by atoms with van der Waals surface area (Å²) >= 11 is 0. The van der Waals surface area contributed by atoms with Crippen molar-refractivity contribution in [2.75, 3.05) is 9.80 Å². The Bertz CT molecular complexity index is 3670. The van der Waals surface area contributed by atoms with Crippen LogP contribution in [0, 0.1) is 50.4 Å². The Kier molecular flexibility index (Phi) is 9.81. The first-order valence-electron chi connectivity index (χ1n) is 23.0. The zero-order valence-corrected chi connectivity index (χ0v) is 38.6. The molecule has 11 rings (SSSR count). The Balaban J connectivity index is 1.08. The average molecular weight is 861 g/mol. The van der Waals surface area contributed by atoms with E-state index in [9.17, 15) is 10.5 Å². The van der Waals surface area contributed by atoms with Crippen molar-refractivity contribution in [1.29, 1.82) is 10.5 Å². The van der Waals surface area contributed by atoms with Gasteiger partial charge in [0.25, 0.3) is 0 Å². The Labute approximate surface area is 392 Å². The lowest BCUT2D eigenvalue weighted by molar-refractivity contribution is 0.645. The van der Waals surface area contributed by atoms with Crippen LogP contribution in [0.4, 0.5) is 34.1 Å². The van der Waals surface area contributed by atoms with Gasteiger partial charge in [0.05, 0.1) is 34.6 Å². The smallest absolute Gasteiger partial charge is 0.0991 e. The van der Waals surface area contributed by atoms with Crippen molar-refractivity contribution >= 4 is 66.4 Å². The fraction of sp³-hybridized carbons (Fsp3) is 0.111. The molecule has 67 heavy (non-hydrogen) atoms. The molecule has 0 amide bonds. The van der Waals surface area contributed by atoms with Crippen LogP contribution in [0.5, 0.6) is 0 Å². The van der Waals surface area contributed by atoms with Gasteiger partial charge >= 0.3 is 0 Å². The highest BCUT2D eigenvalue weighted by Gasteiger charge is 2.35. The fourth-order valence-electron chi connectivity index (χ4n) is 11.1. The van der Waals surface area contributed by atoms with Crippen LogP contribution in [0.1, 0.15) is 58.4 Å². The highest BCUT2D eigenvalue weighted by Crippen LogP contribution is 2.53. The number of para-hydroxylation sites is 2. The van der Waals surface area contributed by atoms with Gasteiger partial charge in [-0.2, -0.15) is 10.5 Å². The molecule has 10 aromatic carbocycles. The Morgan fingerprint density at radius 1 is 0.373 bits per heavy atom. The Morgan fingerprint density at radius 2 is 0.836 bits per heavy atom. The molecule has 0 N–H and O–H groups in total. The molecule has 0 unspecified atom stereocenters. The summed E-state index contributed by atoms with van der Waals surface area (Å²) in [5.74, 6) is 0. The zero-order valence-electron chi connectivity index (χ0n) is 38.6. The normalized spacial score (nSPS) is 12.4. The molecule has 0 saturated carbocycles. The van der Waals surface area contributed by atoms with Crippen LogP contribution in [0.25, 0.3) is 54.6 Å². The monoisotopic (exact) mass is 860 g/mol. The van der Waals surface area contributed by atoms with Gasteiger partial charge in [-0.1, -0.05) is 111 Å². The molecule has 1 aliphatic carbocycles. The average Bonchev–Trinajstić information content (AvgIpc) is 3.35. The van der Waals surface area contributed by atoms with Crippen molar-refractivity contribution in [3.63, 3.8) is 0 Å². The van der Waals surface area contributed by atoms with Gasteiger partial charge in [-0.15, -0.1) is 0 Å². The lowest BCUT2D eigenvalue weighted by Crippen LogP contribution is -2.24. The fourth-order valence-corrected chi connectivity index (χ4v) is 11.1. The van der Waals surface area contributed by atoms with E-state index in [2.05, 4.69) is 215 Å². The zero-order chi connectivity index (χ0) is 46.1. The van der Waals surface area contributed by atoms with Crippen molar-refractivity contribution in [3.05, 3.63) is 226 Å². The number of nitriles is 2. The minimum Gasteiger partial charge on any atom is -0.310 e. The SMILES string of the molecule is Cc1cc(C#N)cc(C)c1N(c1ccccc1)c1ccc(-c2cc3c4cccc5c4c(cc3c3ccccc23)-c2ccc(N(c3ccccc3)c3c(C)cc(C#N)cc3C)cc2C5(C)C)cc1. The molecule has 1 aliphatic rings. The van der Waals surface area contributed by atoms with Crippen LogP contribution < -0.4 is 9.80 Å². The van der Waals surface area contributed by atoms with Gasteiger partial charge in [0.2, 0.25) is 0 Å². The standard InChI is InChI=1S/C63H48N4/c1-39-30-43(37-64)31-40(2)61(39)66(46-16-9-7-10-17-46)48-26-24-45(25-27-48)54-35-56-53-22-15-23-58-60(53)57(36-55(56)51-21-14-13-20-50(51)54)52-29-28-49(34-59(52)63(58,5)6)67(47-18-11-8-12-19-47)62-41(3)32-44(38-65)33-42(62)4/h7-36H,1-6H3. The van der Waals surface area contributed by atoms with Crippen molar-refractivity contribution in [2.45, 2.75) is 47.0 Å². The first-order valence-corrected chi connectivity index (χ1v) is 23.0. The highest BCUT2D eigenvalue weighted by atomic mass is 15.2. The van der Waals surface area contributed by atoms with E-state index in [4.69, 9.17) is 0 Å². The number of benzene rings is 10. The number of fused-ring (bicyclic) bond motifs is 6. The lowest BCUT2D eigenvalue weighted by atomic mass is 9.67. The molecule has 0 atom stereocenters. The molecule has 0 heterocycles. The molecule has 0 radical (unpaired) electrons. The molecular weight excluding hydrogens is 813 g/mol. The number of anilines is 6. The summed E-state index contributed by atoms with van der Waals surface area (Å²) in [4.78, 5) is 4.66. The van der Waals surface area contributed by atoms with E-state index in [-0.39, 0.29) is 5.41 Å². The first kappa shape index (κ1) is 41.3. The molecule has 320 valence electrons. The maximum absolute atomic E-state index is 9.82. The van der Waals surface area contributed by atoms with Gasteiger partial charge in [-0.05, 0) is 201 Å². The number of nitrogens with zero attached hydrogens (tertiary/aromatic N) is 4. The summed E-state index contributed by atoms with van der Waals surface area (Å²) in [7, 11) is 0. The van der Waals surface area contributed by atoms with E-state index >= 15 is 0 Å². The van der Waals surface area contributed by atoms with E-state index in [0.29, 0.717) is 11.1 Å². The van der Waals surface area contributed by atoms with Crippen LogP contribution in [-0.2, 0) is 5.41 Å². The minimum atomic E-state index is -0.311. The summed E-state index contributed by atoms with van der Waals surface area (Å²) in [6.45, 7) is 13.1. The third kappa shape index (κ3) is 6.64. The van der Waals surface area contributed by atoms with Gasteiger partial charge < -0.3 is 9.80 Å². The molecule has 0 aromatic heterocycles. The second kappa shape index (κ2) is 15.9. The van der Waals surface area contributed by atoms with Crippen LogP contribution >= 0.6 is 0 Å². The van der Waals surface area contributed by atoms with E-state index < -0.39 is 0 Å². The molecule has 0 spiro atoms. The summed E-state index contributed by atoms with van der Waals surface area (Å²) in [5.41, 5.74) is 19.1. The van der Waals surface area contributed by atoms with Crippen molar-refractivity contribution < 1.29 is 0 Å². The van der Waals surface area contributed by atoms with Crippen LogP contribution in [-0.4, -0.2) is 0 Å². The minimum absolute atomic E-state index is 0.311. The van der Waals surface area contributed by atoms with Gasteiger partial charge in [-0.3, -0.25) is 0 Å². The topological polar surface area (TPSA) is 54.1 Å². The summed E-state index contributed by atoms with van der Waals surface area (Å²) in [6, 6.07) is 70.3. The molecule has 0 aliphatic heterocycles. The molecule has 10 aromatic rings. The van der Waals surface area contributed by atoms with Crippen molar-refractivity contribution in [1.82, 2.24) is 0 Å². The van der Waals surface area contributed by atoms with Crippen molar-refractivity contribution in [2.24, 2.45) is 0 Å². The number of hydrogen-bond donors (Lipinski definition) is 0. The summed E-state index contributed by atoms with van der Waals surface area (Å²) in [6.07, 6.45) is 0. The molecule has 4 heteroatoms. The number of rotatable bonds is 7. The molecule has 0 fully saturated rings. The second-order valence-electron chi connectivity index (χ2n) is 18.6. The third-order valence-corrected chi connectivity index (χ3v) is 14.0. The van der Waals surface area contributed by atoms with Gasteiger partial charge in [0, 0.05) is 28.2 Å². The third-order valence-electron chi connectivity index (χ3n) is 14.0. The highest BCUT2D eigenvalue weighted by molar-refractivity contribution is 6.25. The Morgan fingerprint density at radius 3 is 1.40 bits per heavy atom. The van der Waals surface area contributed by atoms with E-state index in [1.165, 1.54) is 60.1 Å². The predicted molar refractivity (Wildman–Crippen MR) is 280 cm³/mol.